The first kappa shape index (κ1) is 12.2. The fourth-order valence-corrected chi connectivity index (χ4v) is 4.50. The molecule has 0 saturated heterocycles. The number of Topliss-reactive ketones (excluding diaryl/α,β-unsaturated/α-hetero) is 2. The molecule has 0 N–H and O–H groups in total. The first-order valence-corrected chi connectivity index (χ1v) is 8.13. The normalized spacial score (nSPS) is 25.2. The third-order valence-corrected chi connectivity index (χ3v) is 5.40. The summed E-state index contributed by atoms with van der Waals surface area (Å²) in [6.07, 6.45) is 1.45. The lowest BCUT2D eigenvalue weighted by atomic mass is 9.83. The van der Waals surface area contributed by atoms with Crippen molar-refractivity contribution in [3.8, 4) is 0 Å². The Balaban J connectivity index is 1.83. The molecule has 0 fully saturated rings. The quantitative estimate of drug-likeness (QED) is 0.684. The Morgan fingerprint density at radius 3 is 2.85 bits per heavy atom. The van der Waals surface area contributed by atoms with Crippen LogP contribution in [0.4, 0.5) is 0 Å². The summed E-state index contributed by atoms with van der Waals surface area (Å²) in [4.78, 5) is 26.7. The average molecular weight is 285 g/mol. The fraction of sp³-hybridized carbons (Fsp3) is 0.375. The lowest BCUT2D eigenvalue weighted by molar-refractivity contribution is -0.122. The number of allylic oxidation sites excluding steroid dienone is 1. The van der Waals surface area contributed by atoms with Gasteiger partial charge in [0.15, 0.2) is 11.6 Å². The van der Waals surface area contributed by atoms with E-state index in [1.807, 2.05) is 6.07 Å². The molecule has 3 aliphatic rings. The van der Waals surface area contributed by atoms with Gasteiger partial charge < -0.3 is 4.90 Å². The van der Waals surface area contributed by atoms with Gasteiger partial charge in [-0.1, -0.05) is 24.3 Å². The van der Waals surface area contributed by atoms with Crippen molar-refractivity contribution in [3.05, 3.63) is 46.7 Å². The summed E-state index contributed by atoms with van der Waals surface area (Å²) in [5, 5.41) is 0. The molecule has 3 heterocycles. The number of rotatable bonds is 0. The van der Waals surface area contributed by atoms with Crippen LogP contribution in [0.25, 0.3) is 0 Å². The summed E-state index contributed by atoms with van der Waals surface area (Å²) in [5.41, 5.74) is 4.10. The molecule has 0 aromatic heterocycles. The molecule has 4 heteroatoms. The van der Waals surface area contributed by atoms with E-state index in [1.54, 1.807) is 11.8 Å². The zero-order valence-electron chi connectivity index (χ0n) is 11.1. The average Bonchev–Trinajstić information content (AvgIpc) is 2.47. The van der Waals surface area contributed by atoms with Gasteiger partial charge in [-0.2, -0.15) is 0 Å². The van der Waals surface area contributed by atoms with Crippen LogP contribution in [0.15, 0.2) is 35.5 Å². The molecule has 0 radical (unpaired) electrons. The number of hydrogen-bond donors (Lipinski definition) is 0. The molecule has 0 bridgehead atoms. The third-order valence-electron chi connectivity index (χ3n) is 4.46. The molecule has 0 aliphatic carbocycles. The van der Waals surface area contributed by atoms with Crippen LogP contribution in [0, 0.1) is 0 Å². The first-order valence-electron chi connectivity index (χ1n) is 6.97. The molecule has 3 aliphatic heterocycles. The van der Waals surface area contributed by atoms with Crippen LogP contribution in [0.2, 0.25) is 0 Å². The van der Waals surface area contributed by atoms with Gasteiger partial charge >= 0.3 is 0 Å². The van der Waals surface area contributed by atoms with Crippen molar-refractivity contribution in [1.29, 1.82) is 0 Å². The molecule has 0 spiro atoms. The van der Waals surface area contributed by atoms with E-state index in [9.17, 15) is 9.59 Å². The Bertz CT molecular complexity index is 650. The number of carbonyl (C=O) groups excluding carboxylic acids is 2. The van der Waals surface area contributed by atoms with Crippen LogP contribution in [-0.4, -0.2) is 34.5 Å². The molecule has 4 rings (SSSR count). The summed E-state index contributed by atoms with van der Waals surface area (Å²) >= 11 is 1.63. The van der Waals surface area contributed by atoms with E-state index in [0.29, 0.717) is 17.7 Å². The van der Waals surface area contributed by atoms with Gasteiger partial charge in [0, 0.05) is 24.4 Å². The third kappa shape index (κ3) is 1.67. The van der Waals surface area contributed by atoms with Crippen molar-refractivity contribution in [2.24, 2.45) is 0 Å². The van der Waals surface area contributed by atoms with E-state index in [1.165, 1.54) is 11.1 Å². The van der Waals surface area contributed by atoms with Crippen molar-refractivity contribution >= 4 is 23.3 Å². The van der Waals surface area contributed by atoms with E-state index in [4.69, 9.17) is 0 Å². The zero-order chi connectivity index (χ0) is 13.7. The monoisotopic (exact) mass is 285 g/mol. The predicted octanol–water partition coefficient (Wildman–Crippen LogP) is 2.13. The van der Waals surface area contributed by atoms with E-state index in [0.717, 1.165) is 24.4 Å². The zero-order valence-corrected chi connectivity index (χ0v) is 11.9. The van der Waals surface area contributed by atoms with Gasteiger partial charge in [0.1, 0.15) is 0 Å². The summed E-state index contributed by atoms with van der Waals surface area (Å²) in [5.74, 6) is 1.33. The number of ketones is 2. The molecule has 1 aromatic rings. The molecule has 0 saturated carbocycles. The molecule has 0 amide bonds. The highest BCUT2D eigenvalue weighted by Gasteiger charge is 2.40. The van der Waals surface area contributed by atoms with Gasteiger partial charge in [-0.3, -0.25) is 9.59 Å². The van der Waals surface area contributed by atoms with Crippen LogP contribution in [0.5, 0.6) is 0 Å². The molecule has 20 heavy (non-hydrogen) atoms. The van der Waals surface area contributed by atoms with Gasteiger partial charge in [-0.15, -0.1) is 11.8 Å². The van der Waals surface area contributed by atoms with Gasteiger partial charge in [0.2, 0.25) is 0 Å². The number of nitrogens with zero attached hydrogens (tertiary/aromatic N) is 1. The van der Waals surface area contributed by atoms with Crippen molar-refractivity contribution < 1.29 is 9.59 Å². The number of thioether (sulfide) groups is 1. The number of benzene rings is 1. The molecule has 102 valence electrons. The maximum atomic E-state index is 12.4. The topological polar surface area (TPSA) is 37.4 Å². The number of fused-ring (bicyclic) bond motifs is 4. The Labute approximate surface area is 122 Å². The largest absolute Gasteiger partial charge is 0.366 e. The second kappa shape index (κ2) is 4.48. The second-order valence-electron chi connectivity index (χ2n) is 5.52. The van der Waals surface area contributed by atoms with Crippen LogP contribution in [0.3, 0.4) is 0 Å². The standard InChI is InChI=1S/C16H15NO2S/c18-14-7-12-11-4-2-1-3-10(11)5-6-17(12)13-8-20-9-15(19)16(13)14/h1-4,12H,5-9H2. The molecule has 1 aromatic carbocycles. The van der Waals surface area contributed by atoms with Crippen molar-refractivity contribution in [2.45, 2.75) is 18.9 Å². The summed E-state index contributed by atoms with van der Waals surface area (Å²) in [6, 6.07) is 8.52. The fourth-order valence-electron chi connectivity index (χ4n) is 3.56. The molecule has 1 atom stereocenters. The minimum Gasteiger partial charge on any atom is -0.366 e. The van der Waals surface area contributed by atoms with Crippen LogP contribution in [0.1, 0.15) is 23.6 Å². The molecular weight excluding hydrogens is 270 g/mol. The van der Waals surface area contributed by atoms with Gasteiger partial charge in [-0.05, 0) is 17.5 Å². The molecular formula is C16H15NO2S. The predicted molar refractivity (Wildman–Crippen MR) is 78.6 cm³/mol. The van der Waals surface area contributed by atoms with Crippen molar-refractivity contribution in [2.75, 3.05) is 18.1 Å². The van der Waals surface area contributed by atoms with Gasteiger partial charge in [0.25, 0.3) is 0 Å². The highest BCUT2D eigenvalue weighted by atomic mass is 32.2. The molecule has 3 nitrogen and oxygen atoms in total. The van der Waals surface area contributed by atoms with Gasteiger partial charge in [0.05, 0.1) is 17.4 Å². The summed E-state index contributed by atoms with van der Waals surface area (Å²) in [7, 11) is 0. The van der Waals surface area contributed by atoms with Crippen LogP contribution in [-0.2, 0) is 16.0 Å². The maximum absolute atomic E-state index is 12.4. The SMILES string of the molecule is O=C1CSCC2=C1C(=O)CC1c3ccccc3CCN21. The lowest BCUT2D eigenvalue weighted by Gasteiger charge is -2.44. The summed E-state index contributed by atoms with van der Waals surface area (Å²) in [6.45, 7) is 0.918. The Hall–Kier alpha value is -1.55. The number of carbonyl (C=O) groups is 2. The highest BCUT2D eigenvalue weighted by molar-refractivity contribution is 8.00. The van der Waals surface area contributed by atoms with E-state index < -0.39 is 0 Å². The minimum absolute atomic E-state index is 0.0264. The lowest BCUT2D eigenvalue weighted by Crippen LogP contribution is -2.44. The van der Waals surface area contributed by atoms with E-state index >= 15 is 0 Å². The smallest absolute Gasteiger partial charge is 0.178 e. The molecule has 1 unspecified atom stereocenters. The Kier molecular flexibility index (Phi) is 2.74. The first-order chi connectivity index (χ1) is 9.75. The number of hydrogen-bond acceptors (Lipinski definition) is 4. The van der Waals surface area contributed by atoms with E-state index in [-0.39, 0.29) is 17.6 Å². The summed E-state index contributed by atoms with van der Waals surface area (Å²) < 4.78 is 0. The van der Waals surface area contributed by atoms with Crippen molar-refractivity contribution in [3.63, 3.8) is 0 Å². The van der Waals surface area contributed by atoms with E-state index in [2.05, 4.69) is 23.1 Å². The second-order valence-corrected chi connectivity index (χ2v) is 6.51. The Morgan fingerprint density at radius 2 is 1.95 bits per heavy atom. The van der Waals surface area contributed by atoms with Crippen molar-refractivity contribution in [1.82, 2.24) is 4.90 Å². The van der Waals surface area contributed by atoms with Crippen LogP contribution >= 0.6 is 11.8 Å². The maximum Gasteiger partial charge on any atom is 0.178 e. The highest BCUT2D eigenvalue weighted by Crippen LogP contribution is 2.42. The Morgan fingerprint density at radius 1 is 1.10 bits per heavy atom. The van der Waals surface area contributed by atoms with Gasteiger partial charge in [-0.25, -0.2) is 0 Å². The van der Waals surface area contributed by atoms with Crippen LogP contribution < -0.4 is 0 Å². The minimum atomic E-state index is 0.0264.